The number of rotatable bonds is 36. The predicted molar refractivity (Wildman–Crippen MR) is 189 cm³/mol. The Kier molecular flexibility index (Phi) is 38.6. The highest BCUT2D eigenvalue weighted by Crippen LogP contribution is 2.15. The second-order valence-corrected chi connectivity index (χ2v) is 14.6. The van der Waals surface area contributed by atoms with Gasteiger partial charge in [-0.05, 0) is 12.8 Å². The van der Waals surface area contributed by atoms with E-state index in [-0.39, 0.29) is 18.5 Å². The minimum atomic E-state index is 0. The van der Waals surface area contributed by atoms with Crippen LogP contribution in [0.1, 0.15) is 200 Å². The second kappa shape index (κ2) is 36.6. The van der Waals surface area contributed by atoms with Gasteiger partial charge in [-0.3, -0.25) is 0 Å². The van der Waals surface area contributed by atoms with E-state index in [9.17, 15) is 0 Å². The molecular weight excluding hydrogens is 550 g/mol. The summed E-state index contributed by atoms with van der Waals surface area (Å²) in [6, 6.07) is 0. The summed E-state index contributed by atoms with van der Waals surface area (Å²) >= 11 is 0. The van der Waals surface area contributed by atoms with Crippen molar-refractivity contribution in [1.29, 1.82) is 0 Å². The Labute approximate surface area is 279 Å². The second-order valence-electron chi connectivity index (χ2n) is 14.6. The van der Waals surface area contributed by atoms with Crippen molar-refractivity contribution in [1.82, 2.24) is 0 Å². The fourth-order valence-corrected chi connectivity index (χ4v) is 5.91. The average molecular weight is 633 g/mol. The first-order valence-electron chi connectivity index (χ1n) is 19.5. The van der Waals surface area contributed by atoms with Crippen LogP contribution < -0.4 is 12.4 Å². The number of nitrogens with zero attached hydrogens (tertiary/aromatic N) is 1. The van der Waals surface area contributed by atoms with Gasteiger partial charge >= 0.3 is 0 Å². The summed E-state index contributed by atoms with van der Waals surface area (Å²) in [6.45, 7) is 8.33. The van der Waals surface area contributed by atoms with Crippen molar-refractivity contribution in [2.75, 3.05) is 47.5 Å². The van der Waals surface area contributed by atoms with E-state index in [1.807, 2.05) is 0 Å². The van der Waals surface area contributed by atoms with Crippen LogP contribution in [-0.4, -0.2) is 58.1 Å². The average Bonchev–Trinajstić information content (AvgIpc) is 2.96. The lowest BCUT2D eigenvalue weighted by molar-refractivity contribution is -0.870. The van der Waals surface area contributed by atoms with Gasteiger partial charge in [0.25, 0.3) is 0 Å². The molecule has 0 radical (unpaired) electrons. The highest BCUT2D eigenvalue weighted by Gasteiger charge is 2.15. The molecule has 0 aliphatic heterocycles. The fraction of sp³-hybridized carbons (Fsp3) is 1.00. The molecule has 0 N–H and O–H groups in total. The van der Waals surface area contributed by atoms with Gasteiger partial charge in [0.2, 0.25) is 0 Å². The molecule has 0 heterocycles. The van der Waals surface area contributed by atoms with Crippen LogP contribution in [0.4, 0.5) is 0 Å². The van der Waals surface area contributed by atoms with Crippen LogP contribution in [-0.2, 0) is 9.47 Å². The Balaban J connectivity index is 0. The first kappa shape index (κ1) is 45.3. The molecule has 0 aliphatic carbocycles. The number of hydrogen-bond donors (Lipinski definition) is 0. The van der Waals surface area contributed by atoms with Gasteiger partial charge in [0.15, 0.2) is 0 Å². The molecule has 3 nitrogen and oxygen atoms in total. The number of halogens is 1. The molecule has 43 heavy (non-hydrogen) atoms. The third-order valence-corrected chi connectivity index (χ3v) is 8.92. The molecule has 4 heteroatoms. The van der Waals surface area contributed by atoms with E-state index >= 15 is 0 Å². The van der Waals surface area contributed by atoms with E-state index < -0.39 is 0 Å². The van der Waals surface area contributed by atoms with Crippen molar-refractivity contribution in [2.45, 2.75) is 206 Å². The first-order chi connectivity index (χ1) is 20.5. The quantitative estimate of drug-likeness (QED) is 0.0506. The topological polar surface area (TPSA) is 18.5 Å². The number of unbranched alkanes of at least 4 members (excludes halogenated alkanes) is 26. The summed E-state index contributed by atoms with van der Waals surface area (Å²) in [5.41, 5.74) is 0. The van der Waals surface area contributed by atoms with Crippen molar-refractivity contribution in [3.8, 4) is 0 Å². The lowest BCUT2D eigenvalue weighted by atomic mass is 10.0. The molecule has 1 unspecified atom stereocenters. The molecule has 0 saturated heterocycles. The molecule has 0 amide bonds. The molecule has 0 spiro atoms. The van der Waals surface area contributed by atoms with Gasteiger partial charge in [-0.15, -0.1) is 0 Å². The Morgan fingerprint density at radius 2 is 0.721 bits per heavy atom. The predicted octanol–water partition coefficient (Wildman–Crippen LogP) is 9.45. The van der Waals surface area contributed by atoms with Crippen molar-refractivity contribution in [2.24, 2.45) is 0 Å². The van der Waals surface area contributed by atoms with Gasteiger partial charge in [-0.1, -0.05) is 181 Å². The summed E-state index contributed by atoms with van der Waals surface area (Å²) in [5, 5.41) is 0. The maximum Gasteiger partial charge on any atom is 0.0861 e. The third-order valence-electron chi connectivity index (χ3n) is 8.92. The summed E-state index contributed by atoms with van der Waals surface area (Å²) < 4.78 is 13.4. The monoisotopic (exact) mass is 632 g/mol. The molecule has 262 valence electrons. The fourth-order valence-electron chi connectivity index (χ4n) is 5.91. The van der Waals surface area contributed by atoms with Crippen molar-refractivity contribution >= 4 is 0 Å². The van der Waals surface area contributed by atoms with Crippen LogP contribution in [0.5, 0.6) is 0 Å². The van der Waals surface area contributed by atoms with Crippen molar-refractivity contribution in [3.63, 3.8) is 0 Å². The normalized spacial score (nSPS) is 12.5. The van der Waals surface area contributed by atoms with Crippen LogP contribution in [0.25, 0.3) is 0 Å². The molecule has 0 saturated carbocycles. The summed E-state index contributed by atoms with van der Waals surface area (Å²) in [7, 11) is 6.83. The Hall–Kier alpha value is 0.170. The van der Waals surface area contributed by atoms with Gasteiger partial charge in [-0.25, -0.2) is 0 Å². The molecule has 0 fully saturated rings. The number of quaternary nitrogens is 1. The van der Waals surface area contributed by atoms with E-state index in [1.54, 1.807) is 0 Å². The zero-order valence-electron chi connectivity index (χ0n) is 30.6. The van der Waals surface area contributed by atoms with E-state index in [1.165, 1.54) is 180 Å². The van der Waals surface area contributed by atoms with Crippen LogP contribution in [0.3, 0.4) is 0 Å². The minimum absolute atomic E-state index is 0. The smallest absolute Gasteiger partial charge is 0.0861 e. The molecule has 0 aromatic heterocycles. The summed E-state index contributed by atoms with van der Waals surface area (Å²) in [5.74, 6) is 0. The standard InChI is InChI=1S/C39H82NO2.ClH/c1-6-8-10-12-14-16-18-20-22-24-26-28-30-32-36-41-38-39(34-35-40(3,4)5)42-37-33-31-29-27-25-23-21-19-17-15-13-11-9-7-2;/h39H,6-38H2,1-5H3;1H/q+1;/p-1. The molecule has 0 aliphatic rings. The van der Waals surface area contributed by atoms with Gasteiger partial charge < -0.3 is 26.4 Å². The van der Waals surface area contributed by atoms with Gasteiger partial charge in [0.1, 0.15) is 0 Å². The van der Waals surface area contributed by atoms with Gasteiger partial charge in [-0.2, -0.15) is 0 Å². The minimum Gasteiger partial charge on any atom is -1.00 e. The Morgan fingerprint density at radius 1 is 0.419 bits per heavy atom. The lowest BCUT2D eigenvalue weighted by Gasteiger charge is -2.27. The zero-order valence-corrected chi connectivity index (χ0v) is 31.3. The maximum absolute atomic E-state index is 6.33. The third kappa shape index (κ3) is 40.1. The van der Waals surface area contributed by atoms with Crippen LogP contribution >= 0.6 is 0 Å². The van der Waals surface area contributed by atoms with Crippen LogP contribution in [0.15, 0.2) is 0 Å². The first-order valence-corrected chi connectivity index (χ1v) is 19.5. The SMILES string of the molecule is CCCCCCCCCCCCCCCCOCC(CC[N+](C)(C)C)OCCCCCCCCCCCCCCCC.[Cl-]. The zero-order chi connectivity index (χ0) is 30.8. The van der Waals surface area contributed by atoms with Crippen LogP contribution in [0.2, 0.25) is 0 Å². The van der Waals surface area contributed by atoms with Crippen LogP contribution in [0, 0.1) is 0 Å². The van der Waals surface area contributed by atoms with E-state index in [2.05, 4.69) is 35.0 Å². The van der Waals surface area contributed by atoms with Crippen molar-refractivity contribution < 1.29 is 26.4 Å². The highest BCUT2D eigenvalue weighted by molar-refractivity contribution is 4.58. The molecule has 0 bridgehead atoms. The molecule has 0 rings (SSSR count). The largest absolute Gasteiger partial charge is 1.00 e. The summed E-state index contributed by atoms with van der Waals surface area (Å²) in [4.78, 5) is 0. The lowest BCUT2D eigenvalue weighted by Crippen LogP contribution is -3.00. The molecule has 0 aromatic carbocycles. The van der Waals surface area contributed by atoms with E-state index in [0.717, 1.165) is 37.3 Å². The molecule has 0 aromatic rings. The number of hydrogen-bond acceptors (Lipinski definition) is 2. The molecular formula is C39H82ClNO2. The van der Waals surface area contributed by atoms with Gasteiger partial charge in [0, 0.05) is 19.6 Å². The number of ether oxygens (including phenoxy) is 2. The molecule has 1 atom stereocenters. The highest BCUT2D eigenvalue weighted by atomic mass is 35.5. The van der Waals surface area contributed by atoms with E-state index in [4.69, 9.17) is 9.47 Å². The van der Waals surface area contributed by atoms with Gasteiger partial charge in [0.05, 0.1) is 40.4 Å². The van der Waals surface area contributed by atoms with E-state index in [0.29, 0.717) is 0 Å². The maximum atomic E-state index is 6.33. The summed E-state index contributed by atoms with van der Waals surface area (Å²) in [6.07, 6.45) is 40.7. The van der Waals surface area contributed by atoms with Crippen molar-refractivity contribution in [3.05, 3.63) is 0 Å². The Bertz CT molecular complexity index is 496. The Morgan fingerprint density at radius 3 is 1.05 bits per heavy atom.